The van der Waals surface area contributed by atoms with Gasteiger partial charge in [-0.25, -0.2) is 18.4 Å². The van der Waals surface area contributed by atoms with Crippen molar-refractivity contribution < 1.29 is 8.42 Å². The predicted molar refractivity (Wildman–Crippen MR) is 66.0 cm³/mol. The first-order valence-electron chi connectivity index (χ1n) is 6.15. The quantitative estimate of drug-likeness (QED) is 0.842. The Bertz CT molecular complexity index is 531. The van der Waals surface area contributed by atoms with E-state index in [9.17, 15) is 8.42 Å². The number of hydrogen-bond donors (Lipinski definition) is 1. The summed E-state index contributed by atoms with van der Waals surface area (Å²) < 4.78 is 26.3. The highest BCUT2D eigenvalue weighted by molar-refractivity contribution is 7.89. The molecule has 0 bridgehead atoms. The summed E-state index contributed by atoms with van der Waals surface area (Å²) in [5, 5.41) is 0. The summed E-state index contributed by atoms with van der Waals surface area (Å²) in [7, 11) is -3.44. The zero-order valence-corrected chi connectivity index (χ0v) is 10.8. The van der Waals surface area contributed by atoms with E-state index in [1.807, 2.05) is 0 Å². The van der Waals surface area contributed by atoms with Crippen LogP contribution in [0.1, 0.15) is 19.3 Å². The highest BCUT2D eigenvalue weighted by Gasteiger charge is 2.41. The first-order chi connectivity index (χ1) is 8.57. The number of nitrogen functional groups attached to an aromatic ring is 1. The molecule has 1 aliphatic carbocycles. The first kappa shape index (κ1) is 11.9. The second-order valence-corrected chi connectivity index (χ2v) is 6.99. The van der Waals surface area contributed by atoms with Crippen molar-refractivity contribution in [1.29, 1.82) is 0 Å². The minimum Gasteiger partial charge on any atom is -0.368 e. The topological polar surface area (TPSA) is 89.2 Å². The van der Waals surface area contributed by atoms with Crippen LogP contribution < -0.4 is 5.73 Å². The van der Waals surface area contributed by atoms with Gasteiger partial charge in [0.15, 0.2) is 0 Å². The molecule has 2 unspecified atom stereocenters. The van der Waals surface area contributed by atoms with E-state index >= 15 is 0 Å². The lowest BCUT2D eigenvalue weighted by molar-refractivity contribution is 0.445. The summed E-state index contributed by atoms with van der Waals surface area (Å²) in [6.45, 7) is 1.27. The molecule has 2 heterocycles. The Morgan fingerprint density at radius 2 is 1.72 bits per heavy atom. The molecule has 0 aromatic carbocycles. The van der Waals surface area contributed by atoms with Crippen molar-refractivity contribution in [2.24, 2.45) is 11.8 Å². The average molecular weight is 268 g/mol. The van der Waals surface area contributed by atoms with E-state index in [4.69, 9.17) is 5.73 Å². The second kappa shape index (κ2) is 4.17. The standard InChI is InChI=1S/C11H16N4O2S/c12-11-13-4-10(5-14-11)18(16,17)15-6-8-2-1-3-9(8)7-15/h4-5,8-9H,1-3,6-7H2,(H2,12,13,14). The van der Waals surface area contributed by atoms with E-state index in [1.165, 1.54) is 18.8 Å². The summed E-state index contributed by atoms with van der Waals surface area (Å²) in [6, 6.07) is 0. The molecule has 1 saturated carbocycles. The maximum absolute atomic E-state index is 12.4. The van der Waals surface area contributed by atoms with Crippen molar-refractivity contribution in [2.75, 3.05) is 18.8 Å². The molecule has 0 radical (unpaired) electrons. The first-order valence-corrected chi connectivity index (χ1v) is 7.59. The van der Waals surface area contributed by atoms with Crippen LogP contribution in [0.3, 0.4) is 0 Å². The Morgan fingerprint density at radius 3 is 2.28 bits per heavy atom. The Kier molecular flexibility index (Phi) is 2.74. The maximum atomic E-state index is 12.4. The van der Waals surface area contributed by atoms with Crippen molar-refractivity contribution in [3.8, 4) is 0 Å². The summed E-state index contributed by atoms with van der Waals surface area (Å²) in [5.41, 5.74) is 5.37. The van der Waals surface area contributed by atoms with Gasteiger partial charge in [-0.05, 0) is 24.7 Å². The van der Waals surface area contributed by atoms with Crippen LogP contribution in [0.5, 0.6) is 0 Å². The third kappa shape index (κ3) is 1.87. The molecule has 2 N–H and O–H groups in total. The maximum Gasteiger partial charge on any atom is 0.246 e. The molecule has 0 spiro atoms. The molecule has 7 heteroatoms. The lowest BCUT2D eigenvalue weighted by Crippen LogP contribution is -2.29. The molecule has 3 rings (SSSR count). The van der Waals surface area contributed by atoms with Crippen molar-refractivity contribution in [3.63, 3.8) is 0 Å². The lowest BCUT2D eigenvalue weighted by Gasteiger charge is -2.16. The van der Waals surface area contributed by atoms with Crippen molar-refractivity contribution in [2.45, 2.75) is 24.2 Å². The van der Waals surface area contributed by atoms with Gasteiger partial charge < -0.3 is 5.73 Å². The van der Waals surface area contributed by atoms with Crippen LogP contribution in [0.2, 0.25) is 0 Å². The molecular formula is C11H16N4O2S. The summed E-state index contributed by atoms with van der Waals surface area (Å²) in [5.74, 6) is 1.16. The molecule has 18 heavy (non-hydrogen) atoms. The van der Waals surface area contributed by atoms with Crippen LogP contribution in [0, 0.1) is 11.8 Å². The van der Waals surface area contributed by atoms with E-state index in [1.54, 1.807) is 4.31 Å². The predicted octanol–water partition coefficient (Wildman–Crippen LogP) is 0.479. The van der Waals surface area contributed by atoms with Crippen LogP contribution in [0.15, 0.2) is 17.3 Å². The fourth-order valence-corrected chi connectivity index (χ4v) is 4.44. The van der Waals surface area contributed by atoms with E-state index in [-0.39, 0.29) is 10.8 Å². The van der Waals surface area contributed by atoms with Crippen molar-refractivity contribution >= 4 is 16.0 Å². The highest BCUT2D eigenvalue weighted by Crippen LogP contribution is 2.39. The van der Waals surface area contributed by atoms with Crippen molar-refractivity contribution in [1.82, 2.24) is 14.3 Å². The van der Waals surface area contributed by atoms with Gasteiger partial charge in [0.25, 0.3) is 0 Å². The van der Waals surface area contributed by atoms with Crippen LogP contribution >= 0.6 is 0 Å². The second-order valence-electron chi connectivity index (χ2n) is 5.05. The van der Waals surface area contributed by atoms with Gasteiger partial charge in [0.05, 0.1) is 12.4 Å². The molecule has 2 atom stereocenters. The number of fused-ring (bicyclic) bond motifs is 1. The monoisotopic (exact) mass is 268 g/mol. The molecule has 1 saturated heterocycles. The number of nitrogens with two attached hydrogens (primary N) is 1. The van der Waals surface area contributed by atoms with E-state index in [0.29, 0.717) is 24.9 Å². The number of anilines is 1. The molecule has 1 aromatic rings. The third-order valence-electron chi connectivity index (χ3n) is 3.98. The van der Waals surface area contributed by atoms with Gasteiger partial charge in [-0.2, -0.15) is 4.31 Å². The Labute approximate surface area is 106 Å². The van der Waals surface area contributed by atoms with E-state index in [2.05, 4.69) is 9.97 Å². The van der Waals surface area contributed by atoms with Crippen LogP contribution in [-0.2, 0) is 10.0 Å². The number of sulfonamides is 1. The molecule has 0 amide bonds. The molecule has 2 fully saturated rings. The normalized spacial score (nSPS) is 28.4. The van der Waals surface area contributed by atoms with Gasteiger partial charge in [-0.3, -0.25) is 0 Å². The molecule has 6 nitrogen and oxygen atoms in total. The van der Waals surface area contributed by atoms with Crippen LogP contribution in [0.25, 0.3) is 0 Å². The highest BCUT2D eigenvalue weighted by atomic mass is 32.2. The average Bonchev–Trinajstić information content (AvgIpc) is 2.89. The SMILES string of the molecule is Nc1ncc(S(=O)(=O)N2CC3CCCC3C2)cn1. The van der Waals surface area contributed by atoms with E-state index < -0.39 is 10.0 Å². The zero-order chi connectivity index (χ0) is 12.8. The fourth-order valence-electron chi connectivity index (χ4n) is 3.00. The largest absolute Gasteiger partial charge is 0.368 e. The Morgan fingerprint density at radius 1 is 1.17 bits per heavy atom. The number of hydrogen-bond acceptors (Lipinski definition) is 5. The van der Waals surface area contributed by atoms with Gasteiger partial charge in [0.1, 0.15) is 4.90 Å². The summed E-state index contributed by atoms with van der Waals surface area (Å²) >= 11 is 0. The molecule has 98 valence electrons. The van der Waals surface area contributed by atoms with Gasteiger partial charge >= 0.3 is 0 Å². The number of rotatable bonds is 2. The van der Waals surface area contributed by atoms with Crippen LogP contribution in [0.4, 0.5) is 5.95 Å². The number of aromatic nitrogens is 2. The molecule has 1 aromatic heterocycles. The minimum absolute atomic E-state index is 0.0900. The molecule has 1 aliphatic heterocycles. The smallest absolute Gasteiger partial charge is 0.246 e. The lowest BCUT2D eigenvalue weighted by atomic mass is 10.0. The van der Waals surface area contributed by atoms with Crippen LogP contribution in [-0.4, -0.2) is 35.8 Å². The minimum atomic E-state index is -3.44. The van der Waals surface area contributed by atoms with Gasteiger partial charge in [0.2, 0.25) is 16.0 Å². The zero-order valence-electron chi connectivity index (χ0n) is 9.99. The van der Waals surface area contributed by atoms with E-state index in [0.717, 1.165) is 12.8 Å². The summed E-state index contributed by atoms with van der Waals surface area (Å²) in [6.07, 6.45) is 6.09. The van der Waals surface area contributed by atoms with Crippen molar-refractivity contribution in [3.05, 3.63) is 12.4 Å². The molecular weight excluding hydrogens is 252 g/mol. The Hall–Kier alpha value is -1.21. The fraction of sp³-hybridized carbons (Fsp3) is 0.636. The Balaban J connectivity index is 1.85. The number of nitrogens with zero attached hydrogens (tertiary/aromatic N) is 3. The summed E-state index contributed by atoms with van der Waals surface area (Å²) in [4.78, 5) is 7.64. The molecule has 2 aliphatic rings. The third-order valence-corrected chi connectivity index (χ3v) is 5.76. The van der Waals surface area contributed by atoms with Gasteiger partial charge in [0, 0.05) is 13.1 Å². The van der Waals surface area contributed by atoms with Gasteiger partial charge in [-0.1, -0.05) is 6.42 Å². The van der Waals surface area contributed by atoms with Gasteiger partial charge in [-0.15, -0.1) is 0 Å².